The molecule has 1 aromatic rings. The zero-order chi connectivity index (χ0) is 12.7. The van der Waals surface area contributed by atoms with E-state index in [0.717, 1.165) is 4.90 Å². The van der Waals surface area contributed by atoms with Crippen LogP contribution in [0.25, 0.3) is 0 Å². The van der Waals surface area contributed by atoms with Crippen molar-refractivity contribution in [3.05, 3.63) is 34.9 Å². The summed E-state index contributed by atoms with van der Waals surface area (Å²) in [7, 11) is 0. The molecular weight excluding hydrogens is 232 g/mol. The van der Waals surface area contributed by atoms with Gasteiger partial charge in [0.1, 0.15) is 0 Å². The number of rotatable bonds is 2. The number of hydrogen-bond donors (Lipinski definition) is 1. The standard InChI is InChI=1S/C11H9F2NO3/c1-5(4-15)14-10(16)6-2-8(12)9(13)3-7(6)11(14)17/h2-3,5,15H,4H2,1H3/t5-/m0/s1. The van der Waals surface area contributed by atoms with E-state index in [0.29, 0.717) is 12.1 Å². The molecule has 0 fully saturated rings. The van der Waals surface area contributed by atoms with Gasteiger partial charge in [-0.3, -0.25) is 14.5 Å². The molecule has 0 bridgehead atoms. The molecule has 4 nitrogen and oxygen atoms in total. The molecule has 0 aliphatic carbocycles. The Morgan fingerprint density at radius 3 is 1.94 bits per heavy atom. The van der Waals surface area contributed by atoms with Crippen LogP contribution in [-0.4, -0.2) is 34.5 Å². The van der Waals surface area contributed by atoms with Gasteiger partial charge in [0.25, 0.3) is 11.8 Å². The summed E-state index contributed by atoms with van der Waals surface area (Å²) in [5.74, 6) is -3.79. The molecule has 17 heavy (non-hydrogen) atoms. The van der Waals surface area contributed by atoms with Gasteiger partial charge in [-0.25, -0.2) is 8.78 Å². The lowest BCUT2D eigenvalue weighted by atomic mass is 10.1. The first-order chi connectivity index (χ1) is 7.97. The number of hydrogen-bond acceptors (Lipinski definition) is 3. The highest BCUT2D eigenvalue weighted by molar-refractivity contribution is 6.21. The van der Waals surface area contributed by atoms with Crippen molar-refractivity contribution >= 4 is 11.8 Å². The molecule has 1 aliphatic heterocycles. The Hall–Kier alpha value is -1.82. The highest BCUT2D eigenvalue weighted by atomic mass is 19.2. The third-order valence-corrected chi connectivity index (χ3v) is 2.66. The van der Waals surface area contributed by atoms with E-state index in [1.807, 2.05) is 0 Å². The van der Waals surface area contributed by atoms with Crippen molar-refractivity contribution in [3.8, 4) is 0 Å². The van der Waals surface area contributed by atoms with Crippen molar-refractivity contribution in [2.45, 2.75) is 13.0 Å². The molecule has 2 rings (SSSR count). The molecule has 0 spiro atoms. The van der Waals surface area contributed by atoms with Gasteiger partial charge < -0.3 is 5.11 Å². The van der Waals surface area contributed by atoms with Crippen LogP contribution in [0, 0.1) is 11.6 Å². The van der Waals surface area contributed by atoms with Gasteiger partial charge in [0.05, 0.1) is 23.8 Å². The first kappa shape index (κ1) is 11.7. The number of benzene rings is 1. The van der Waals surface area contributed by atoms with E-state index in [1.165, 1.54) is 6.92 Å². The Morgan fingerprint density at radius 1 is 1.18 bits per heavy atom. The molecule has 0 aromatic heterocycles. The van der Waals surface area contributed by atoms with Crippen LogP contribution in [0.3, 0.4) is 0 Å². The summed E-state index contributed by atoms with van der Waals surface area (Å²) >= 11 is 0. The van der Waals surface area contributed by atoms with Crippen molar-refractivity contribution in [1.82, 2.24) is 4.90 Å². The Labute approximate surface area is 95.5 Å². The fraction of sp³-hybridized carbons (Fsp3) is 0.273. The average Bonchev–Trinajstić information content (AvgIpc) is 2.52. The summed E-state index contributed by atoms with van der Waals surface area (Å²) in [5, 5.41) is 8.92. The third kappa shape index (κ3) is 1.61. The van der Waals surface area contributed by atoms with Crippen LogP contribution in [0.15, 0.2) is 12.1 Å². The highest BCUT2D eigenvalue weighted by Gasteiger charge is 2.39. The Bertz CT molecular complexity index is 475. The van der Waals surface area contributed by atoms with Crippen molar-refractivity contribution in [2.75, 3.05) is 6.61 Å². The summed E-state index contributed by atoms with van der Waals surface area (Å²) in [5.41, 5.74) is -0.344. The fourth-order valence-electron chi connectivity index (χ4n) is 1.73. The van der Waals surface area contributed by atoms with Crippen molar-refractivity contribution < 1.29 is 23.5 Å². The SMILES string of the molecule is C[C@@H](CO)N1C(=O)c2cc(F)c(F)cc2C1=O. The van der Waals surface area contributed by atoms with Gasteiger partial charge in [-0.1, -0.05) is 0 Å². The quantitative estimate of drug-likeness (QED) is 0.784. The maximum atomic E-state index is 13.0. The van der Waals surface area contributed by atoms with E-state index < -0.39 is 36.1 Å². The summed E-state index contributed by atoms with van der Waals surface area (Å²) in [6, 6.07) is 0.679. The minimum absolute atomic E-state index is 0.172. The van der Waals surface area contributed by atoms with Crippen LogP contribution in [0.4, 0.5) is 8.78 Å². The van der Waals surface area contributed by atoms with Crippen LogP contribution in [-0.2, 0) is 0 Å². The maximum absolute atomic E-state index is 13.0. The van der Waals surface area contributed by atoms with Gasteiger partial charge in [-0.2, -0.15) is 0 Å². The fourth-order valence-corrected chi connectivity index (χ4v) is 1.73. The summed E-state index contributed by atoms with van der Waals surface area (Å²) in [6.45, 7) is 1.06. The lowest BCUT2D eigenvalue weighted by Gasteiger charge is -2.19. The van der Waals surface area contributed by atoms with Gasteiger partial charge >= 0.3 is 0 Å². The Morgan fingerprint density at radius 2 is 1.59 bits per heavy atom. The smallest absolute Gasteiger partial charge is 0.261 e. The Balaban J connectivity index is 2.53. The lowest BCUT2D eigenvalue weighted by Crippen LogP contribution is -2.40. The van der Waals surface area contributed by atoms with Crippen LogP contribution < -0.4 is 0 Å². The third-order valence-electron chi connectivity index (χ3n) is 2.66. The predicted octanol–water partition coefficient (Wildman–Crippen LogP) is 0.942. The van der Waals surface area contributed by atoms with Gasteiger partial charge in [0.15, 0.2) is 11.6 Å². The maximum Gasteiger partial charge on any atom is 0.261 e. The zero-order valence-corrected chi connectivity index (χ0v) is 8.91. The van der Waals surface area contributed by atoms with Crippen molar-refractivity contribution in [3.63, 3.8) is 0 Å². The first-order valence-electron chi connectivity index (χ1n) is 4.95. The lowest BCUT2D eigenvalue weighted by molar-refractivity contribution is 0.0537. The second kappa shape index (κ2) is 3.89. The molecule has 2 amide bonds. The number of aliphatic hydroxyl groups is 1. The van der Waals surface area contributed by atoms with Crippen LogP contribution in [0.1, 0.15) is 27.6 Å². The molecule has 1 N–H and O–H groups in total. The van der Waals surface area contributed by atoms with E-state index in [9.17, 15) is 18.4 Å². The van der Waals surface area contributed by atoms with E-state index in [4.69, 9.17) is 5.11 Å². The molecule has 90 valence electrons. The number of amides is 2. The summed E-state index contributed by atoms with van der Waals surface area (Å²) < 4.78 is 26.0. The van der Waals surface area contributed by atoms with Crippen LogP contribution in [0.5, 0.6) is 0 Å². The van der Waals surface area contributed by atoms with Crippen molar-refractivity contribution in [2.24, 2.45) is 0 Å². The molecule has 0 saturated heterocycles. The number of carbonyl (C=O) groups excluding carboxylic acids is 2. The highest BCUT2D eigenvalue weighted by Crippen LogP contribution is 2.26. The van der Waals surface area contributed by atoms with E-state index in [1.54, 1.807) is 0 Å². The minimum atomic E-state index is -1.18. The van der Waals surface area contributed by atoms with E-state index in [-0.39, 0.29) is 11.1 Å². The second-order valence-electron chi connectivity index (χ2n) is 3.82. The van der Waals surface area contributed by atoms with Gasteiger partial charge in [-0.15, -0.1) is 0 Å². The number of nitrogens with zero attached hydrogens (tertiary/aromatic N) is 1. The number of carbonyl (C=O) groups is 2. The molecule has 0 radical (unpaired) electrons. The van der Waals surface area contributed by atoms with E-state index in [2.05, 4.69) is 0 Å². The largest absolute Gasteiger partial charge is 0.394 e. The number of halogens is 2. The molecule has 1 aliphatic rings. The monoisotopic (exact) mass is 241 g/mol. The van der Waals surface area contributed by atoms with E-state index >= 15 is 0 Å². The minimum Gasteiger partial charge on any atom is -0.394 e. The normalized spacial score (nSPS) is 16.4. The Kier molecular flexibility index (Phi) is 2.66. The molecular formula is C11H9F2NO3. The predicted molar refractivity (Wildman–Crippen MR) is 53.4 cm³/mol. The molecule has 0 saturated carbocycles. The molecule has 6 heteroatoms. The van der Waals surface area contributed by atoms with Gasteiger partial charge in [0.2, 0.25) is 0 Å². The molecule has 1 atom stereocenters. The topological polar surface area (TPSA) is 57.6 Å². The summed E-state index contributed by atoms with van der Waals surface area (Å²) in [6.07, 6.45) is 0. The average molecular weight is 241 g/mol. The second-order valence-corrected chi connectivity index (χ2v) is 3.82. The van der Waals surface area contributed by atoms with Gasteiger partial charge in [0, 0.05) is 0 Å². The zero-order valence-electron chi connectivity index (χ0n) is 8.91. The number of imide groups is 1. The molecule has 1 heterocycles. The van der Waals surface area contributed by atoms with Crippen molar-refractivity contribution in [1.29, 1.82) is 0 Å². The summed E-state index contributed by atoms with van der Waals surface area (Å²) in [4.78, 5) is 24.3. The number of fused-ring (bicyclic) bond motifs is 1. The first-order valence-corrected chi connectivity index (χ1v) is 4.95. The van der Waals surface area contributed by atoms with Crippen LogP contribution >= 0.6 is 0 Å². The molecule has 1 aromatic carbocycles. The van der Waals surface area contributed by atoms with Gasteiger partial charge in [-0.05, 0) is 19.1 Å². The molecule has 0 unspecified atom stereocenters. The number of aliphatic hydroxyl groups excluding tert-OH is 1. The van der Waals surface area contributed by atoms with Crippen LogP contribution in [0.2, 0.25) is 0 Å².